The number of benzene rings is 1. The van der Waals surface area contributed by atoms with Gasteiger partial charge in [-0.1, -0.05) is 26.7 Å². The topological polar surface area (TPSA) is 46.2 Å². The normalized spacial score (nSPS) is 12.2. The van der Waals surface area contributed by atoms with Crippen LogP contribution in [0.1, 0.15) is 47.1 Å². The van der Waals surface area contributed by atoms with Crippen LogP contribution in [0, 0.1) is 0 Å². The van der Waals surface area contributed by atoms with Crippen LogP contribution in [0.4, 0.5) is 0 Å². The molecule has 0 unspecified atom stereocenters. The number of unbranched alkanes of at least 4 members (excludes halogenated alkanes) is 1. The molecule has 0 radical (unpaired) electrons. The standard InChI is InChI=1S/C19H30O5.Ba.2H/c1-3-5-7-20-8-9-21-10-11-22-14-17-13-19-18(23-15-24-19)12-16(17)6-4-2;;;/h12-13H,3-11,14-15H2,1-2H3;;;/q;+2;2*-1. The molecular weight excluding hydrogens is 446 g/mol. The van der Waals surface area contributed by atoms with Crippen molar-refractivity contribution in [2.24, 2.45) is 0 Å². The van der Waals surface area contributed by atoms with Gasteiger partial charge in [0.05, 0.1) is 33.0 Å². The van der Waals surface area contributed by atoms with E-state index in [4.69, 9.17) is 23.7 Å². The SMILES string of the molecule is CCCCOCCOCCOCc1cc2c(cc1CCC)OCO2.[Ba+2].[H-].[H-]. The van der Waals surface area contributed by atoms with Crippen LogP contribution in [0.2, 0.25) is 0 Å². The molecule has 0 bridgehead atoms. The molecule has 1 aliphatic heterocycles. The van der Waals surface area contributed by atoms with Gasteiger partial charge in [0.1, 0.15) is 0 Å². The Morgan fingerprint density at radius 3 is 2.08 bits per heavy atom. The summed E-state index contributed by atoms with van der Waals surface area (Å²) >= 11 is 0. The van der Waals surface area contributed by atoms with Crippen molar-refractivity contribution in [3.8, 4) is 11.5 Å². The van der Waals surface area contributed by atoms with E-state index >= 15 is 0 Å². The molecule has 0 saturated carbocycles. The first kappa shape index (κ1) is 23.3. The summed E-state index contributed by atoms with van der Waals surface area (Å²) in [5.74, 6) is 1.66. The van der Waals surface area contributed by atoms with Crippen LogP contribution < -0.4 is 9.47 Å². The van der Waals surface area contributed by atoms with Crippen molar-refractivity contribution in [2.75, 3.05) is 39.8 Å². The van der Waals surface area contributed by atoms with E-state index in [-0.39, 0.29) is 51.7 Å². The summed E-state index contributed by atoms with van der Waals surface area (Å²) in [7, 11) is 0. The minimum atomic E-state index is 0. The Kier molecular flexibility index (Phi) is 13.4. The molecule has 5 nitrogen and oxygen atoms in total. The smallest absolute Gasteiger partial charge is 1.00 e. The molecule has 0 aromatic heterocycles. The molecule has 0 amide bonds. The maximum Gasteiger partial charge on any atom is 2.00 e. The number of aryl methyl sites for hydroxylation is 1. The average molecular weight is 478 g/mol. The fraction of sp³-hybridized carbons (Fsp3) is 0.684. The van der Waals surface area contributed by atoms with Gasteiger partial charge in [-0.3, -0.25) is 0 Å². The molecule has 2 rings (SSSR count). The van der Waals surface area contributed by atoms with E-state index in [0.29, 0.717) is 39.8 Å². The van der Waals surface area contributed by atoms with E-state index in [9.17, 15) is 0 Å². The Morgan fingerprint density at radius 2 is 1.44 bits per heavy atom. The zero-order valence-electron chi connectivity index (χ0n) is 17.7. The van der Waals surface area contributed by atoms with Crippen LogP contribution in [0.3, 0.4) is 0 Å². The molecule has 0 N–H and O–H groups in total. The maximum atomic E-state index is 5.75. The van der Waals surface area contributed by atoms with Crippen LogP contribution in [0.15, 0.2) is 12.1 Å². The number of ether oxygens (including phenoxy) is 5. The third kappa shape index (κ3) is 8.67. The van der Waals surface area contributed by atoms with Gasteiger partial charge in [-0.05, 0) is 36.1 Å². The second-order valence-corrected chi connectivity index (χ2v) is 5.86. The van der Waals surface area contributed by atoms with E-state index in [1.807, 2.05) is 6.07 Å². The summed E-state index contributed by atoms with van der Waals surface area (Å²) in [6.45, 7) is 8.47. The number of hydrogen-bond donors (Lipinski definition) is 0. The third-order valence-electron chi connectivity index (χ3n) is 3.86. The van der Waals surface area contributed by atoms with Crippen molar-refractivity contribution in [1.82, 2.24) is 0 Å². The largest absolute Gasteiger partial charge is 2.00 e. The molecular formula is C19H32BaO5. The zero-order chi connectivity index (χ0) is 17.0. The molecule has 0 spiro atoms. The quantitative estimate of drug-likeness (QED) is 0.321. The molecule has 25 heavy (non-hydrogen) atoms. The molecule has 0 aliphatic carbocycles. The Bertz CT molecular complexity index is 491. The first-order valence-corrected chi connectivity index (χ1v) is 8.99. The van der Waals surface area contributed by atoms with Gasteiger partial charge in [0.25, 0.3) is 0 Å². The van der Waals surface area contributed by atoms with E-state index < -0.39 is 0 Å². The average Bonchev–Trinajstić information content (AvgIpc) is 3.04. The minimum absolute atomic E-state index is 0. The third-order valence-corrected chi connectivity index (χ3v) is 3.86. The minimum Gasteiger partial charge on any atom is -1.00 e. The summed E-state index contributed by atoms with van der Waals surface area (Å²) in [5.41, 5.74) is 2.44. The van der Waals surface area contributed by atoms with Crippen molar-refractivity contribution in [2.45, 2.75) is 46.1 Å². The summed E-state index contributed by atoms with van der Waals surface area (Å²) in [6, 6.07) is 4.12. The second kappa shape index (κ2) is 14.3. The fourth-order valence-electron chi connectivity index (χ4n) is 2.53. The van der Waals surface area contributed by atoms with Gasteiger partial charge in [0.15, 0.2) is 11.5 Å². The van der Waals surface area contributed by atoms with Crippen molar-refractivity contribution in [3.05, 3.63) is 23.3 Å². The van der Waals surface area contributed by atoms with Gasteiger partial charge >= 0.3 is 48.9 Å². The zero-order valence-corrected chi connectivity index (χ0v) is 20.1. The van der Waals surface area contributed by atoms with E-state index in [2.05, 4.69) is 19.9 Å². The summed E-state index contributed by atoms with van der Waals surface area (Å²) in [6.07, 6.45) is 4.38. The van der Waals surface area contributed by atoms with E-state index in [1.54, 1.807) is 0 Å². The maximum absolute atomic E-state index is 5.75. The summed E-state index contributed by atoms with van der Waals surface area (Å²) in [5, 5.41) is 0. The van der Waals surface area contributed by atoms with Crippen LogP contribution in [-0.4, -0.2) is 88.7 Å². The van der Waals surface area contributed by atoms with Gasteiger partial charge in [-0.25, -0.2) is 0 Å². The first-order valence-electron chi connectivity index (χ1n) is 8.99. The fourth-order valence-corrected chi connectivity index (χ4v) is 2.53. The second-order valence-electron chi connectivity index (χ2n) is 5.86. The molecule has 1 aliphatic rings. The van der Waals surface area contributed by atoms with Gasteiger partial charge in [0, 0.05) is 6.61 Å². The Morgan fingerprint density at radius 1 is 0.840 bits per heavy atom. The Balaban J connectivity index is 0. The van der Waals surface area contributed by atoms with Gasteiger partial charge in [-0.2, -0.15) is 0 Å². The predicted molar refractivity (Wildman–Crippen MR) is 101 cm³/mol. The molecule has 140 valence electrons. The van der Waals surface area contributed by atoms with Crippen molar-refractivity contribution in [1.29, 1.82) is 0 Å². The van der Waals surface area contributed by atoms with E-state index in [0.717, 1.165) is 43.8 Å². The predicted octanol–water partition coefficient (Wildman–Crippen LogP) is 3.56. The molecule has 0 atom stereocenters. The molecule has 0 saturated heterocycles. The van der Waals surface area contributed by atoms with E-state index in [1.165, 1.54) is 11.1 Å². The Hall–Kier alpha value is 0.271. The summed E-state index contributed by atoms with van der Waals surface area (Å²) in [4.78, 5) is 0. The van der Waals surface area contributed by atoms with Crippen LogP contribution in [0.25, 0.3) is 0 Å². The van der Waals surface area contributed by atoms with Crippen molar-refractivity contribution >= 4 is 48.9 Å². The van der Waals surface area contributed by atoms with Crippen LogP contribution in [0.5, 0.6) is 11.5 Å². The van der Waals surface area contributed by atoms with Gasteiger partial charge in [-0.15, -0.1) is 0 Å². The van der Waals surface area contributed by atoms with Crippen molar-refractivity contribution < 1.29 is 26.5 Å². The molecule has 1 aromatic carbocycles. The van der Waals surface area contributed by atoms with Gasteiger partial charge < -0.3 is 26.5 Å². The van der Waals surface area contributed by atoms with Gasteiger partial charge in [0.2, 0.25) is 6.79 Å². The van der Waals surface area contributed by atoms with Crippen LogP contribution in [-0.2, 0) is 27.2 Å². The first-order chi connectivity index (χ1) is 11.8. The number of hydrogen-bond acceptors (Lipinski definition) is 5. The molecule has 6 heteroatoms. The van der Waals surface area contributed by atoms with Crippen LogP contribution >= 0.6 is 0 Å². The molecule has 0 fully saturated rings. The van der Waals surface area contributed by atoms with Crippen molar-refractivity contribution in [3.63, 3.8) is 0 Å². The molecule has 1 aromatic rings. The Labute approximate surface area is 194 Å². The molecule has 1 heterocycles. The summed E-state index contributed by atoms with van der Waals surface area (Å²) < 4.78 is 27.6. The number of rotatable bonds is 13. The number of fused-ring (bicyclic) bond motifs is 1. The monoisotopic (exact) mass is 478 g/mol.